The van der Waals surface area contributed by atoms with E-state index in [9.17, 15) is 4.57 Å². The van der Waals surface area contributed by atoms with Crippen LogP contribution in [0, 0.1) is 0 Å². The molecule has 0 heterocycles. The molecule has 0 spiro atoms. The van der Waals surface area contributed by atoms with Crippen LogP contribution < -0.4 is 0 Å². The van der Waals surface area contributed by atoms with Crippen molar-refractivity contribution in [1.82, 2.24) is 0 Å². The predicted octanol–water partition coefficient (Wildman–Crippen LogP) is 5.78. The van der Waals surface area contributed by atoms with E-state index in [2.05, 4.69) is 39.8 Å². The van der Waals surface area contributed by atoms with Crippen LogP contribution in [0.5, 0.6) is 0 Å². The first-order valence-corrected chi connectivity index (χ1v) is 8.66. The van der Waals surface area contributed by atoms with Crippen LogP contribution in [0.4, 0.5) is 0 Å². The van der Waals surface area contributed by atoms with Crippen LogP contribution in [-0.2, 0) is 4.57 Å². The molecule has 0 aliphatic rings. The SMILES string of the molecule is CC/C=C(\CC)P(C)(=O)/C(=C/CCC)CC. The van der Waals surface area contributed by atoms with E-state index in [4.69, 9.17) is 0 Å². The lowest BCUT2D eigenvalue weighted by atomic mass is 10.3. The molecular formula is C14H27OP. The minimum Gasteiger partial charge on any atom is -0.315 e. The van der Waals surface area contributed by atoms with E-state index in [0.29, 0.717) is 0 Å². The molecule has 0 radical (unpaired) electrons. The van der Waals surface area contributed by atoms with Gasteiger partial charge in [-0.3, -0.25) is 0 Å². The maximum absolute atomic E-state index is 12.8. The zero-order chi connectivity index (χ0) is 12.6. The summed E-state index contributed by atoms with van der Waals surface area (Å²) >= 11 is 0. The Balaban J connectivity index is 5.12. The molecule has 0 aliphatic carbocycles. The fourth-order valence-electron chi connectivity index (χ4n) is 1.97. The van der Waals surface area contributed by atoms with Gasteiger partial charge in [0.1, 0.15) is 7.14 Å². The maximum atomic E-state index is 12.8. The van der Waals surface area contributed by atoms with Gasteiger partial charge in [-0.2, -0.15) is 0 Å². The Morgan fingerprint density at radius 2 is 1.50 bits per heavy atom. The molecule has 0 N–H and O–H groups in total. The molecule has 94 valence electrons. The summed E-state index contributed by atoms with van der Waals surface area (Å²) in [6.45, 7) is 10.4. The van der Waals surface area contributed by atoms with Gasteiger partial charge in [0.15, 0.2) is 0 Å². The Labute approximate surface area is 101 Å². The Kier molecular flexibility index (Phi) is 7.76. The van der Waals surface area contributed by atoms with Crippen molar-refractivity contribution in [2.75, 3.05) is 6.66 Å². The van der Waals surface area contributed by atoms with E-state index in [1.807, 2.05) is 6.66 Å². The van der Waals surface area contributed by atoms with Crippen LogP contribution in [0.25, 0.3) is 0 Å². The van der Waals surface area contributed by atoms with E-state index in [1.54, 1.807) is 0 Å². The second kappa shape index (κ2) is 7.90. The van der Waals surface area contributed by atoms with Crippen LogP contribution in [0.1, 0.15) is 59.8 Å². The van der Waals surface area contributed by atoms with Crippen molar-refractivity contribution in [3.63, 3.8) is 0 Å². The zero-order valence-corrected chi connectivity index (χ0v) is 12.4. The van der Waals surface area contributed by atoms with Crippen molar-refractivity contribution in [2.24, 2.45) is 0 Å². The fourth-order valence-corrected chi connectivity index (χ4v) is 4.56. The number of allylic oxidation sites excluding steroid dienone is 4. The lowest BCUT2D eigenvalue weighted by Gasteiger charge is -2.19. The first-order chi connectivity index (χ1) is 7.54. The normalized spacial score (nSPS) is 17.3. The summed E-state index contributed by atoms with van der Waals surface area (Å²) in [5, 5.41) is 2.31. The second-order valence-corrected chi connectivity index (χ2v) is 7.22. The van der Waals surface area contributed by atoms with E-state index in [-0.39, 0.29) is 0 Å². The molecule has 0 bridgehead atoms. The smallest absolute Gasteiger partial charge is 0.132 e. The van der Waals surface area contributed by atoms with Crippen molar-refractivity contribution in [3.8, 4) is 0 Å². The number of rotatable bonds is 7. The van der Waals surface area contributed by atoms with Gasteiger partial charge >= 0.3 is 0 Å². The molecule has 0 amide bonds. The predicted molar refractivity (Wildman–Crippen MR) is 75.5 cm³/mol. The summed E-state index contributed by atoms with van der Waals surface area (Å²) in [5.41, 5.74) is 0. The van der Waals surface area contributed by atoms with E-state index < -0.39 is 7.14 Å². The summed E-state index contributed by atoms with van der Waals surface area (Å²) in [5.74, 6) is 0. The lowest BCUT2D eigenvalue weighted by molar-refractivity contribution is 0.584. The molecule has 1 atom stereocenters. The Morgan fingerprint density at radius 1 is 1.00 bits per heavy atom. The monoisotopic (exact) mass is 242 g/mol. The van der Waals surface area contributed by atoms with Crippen LogP contribution >= 0.6 is 7.14 Å². The Hall–Kier alpha value is -0.290. The number of hydrogen-bond acceptors (Lipinski definition) is 1. The van der Waals surface area contributed by atoms with E-state index in [0.717, 1.165) is 42.7 Å². The third-order valence-electron chi connectivity index (χ3n) is 2.93. The third kappa shape index (κ3) is 4.29. The fraction of sp³-hybridized carbons (Fsp3) is 0.714. The highest BCUT2D eigenvalue weighted by molar-refractivity contribution is 7.71. The van der Waals surface area contributed by atoms with Gasteiger partial charge in [0, 0.05) is 0 Å². The molecule has 16 heavy (non-hydrogen) atoms. The Morgan fingerprint density at radius 3 is 1.88 bits per heavy atom. The maximum Gasteiger partial charge on any atom is 0.132 e. The van der Waals surface area contributed by atoms with Gasteiger partial charge in [-0.15, -0.1) is 0 Å². The summed E-state index contributed by atoms with van der Waals surface area (Å²) < 4.78 is 12.8. The molecule has 1 nitrogen and oxygen atoms in total. The summed E-state index contributed by atoms with van der Waals surface area (Å²) in [7, 11) is -2.24. The standard InChI is InChI=1S/C14H27OP/c1-6-10-12-14(9-4)16(5,15)13(8-3)11-7-2/h11-12H,6-10H2,1-5H3/b13-11+,14-12+. The van der Waals surface area contributed by atoms with Crippen molar-refractivity contribution in [2.45, 2.75) is 59.8 Å². The quantitative estimate of drug-likeness (QED) is 0.517. The molecule has 0 saturated heterocycles. The molecule has 0 aromatic heterocycles. The minimum absolute atomic E-state index is 0.908. The van der Waals surface area contributed by atoms with Crippen molar-refractivity contribution in [3.05, 3.63) is 22.8 Å². The van der Waals surface area contributed by atoms with Gasteiger partial charge in [0.05, 0.1) is 0 Å². The molecule has 1 unspecified atom stereocenters. The van der Waals surface area contributed by atoms with E-state index in [1.165, 1.54) is 0 Å². The average Bonchev–Trinajstić information content (AvgIpc) is 2.26. The van der Waals surface area contributed by atoms with Crippen molar-refractivity contribution < 1.29 is 4.57 Å². The third-order valence-corrected chi connectivity index (χ3v) is 6.12. The van der Waals surface area contributed by atoms with Gasteiger partial charge in [-0.1, -0.05) is 46.3 Å². The van der Waals surface area contributed by atoms with Gasteiger partial charge in [0.2, 0.25) is 0 Å². The largest absolute Gasteiger partial charge is 0.315 e. The summed E-state index contributed by atoms with van der Waals surface area (Å²) in [6, 6.07) is 0. The number of hydrogen-bond donors (Lipinski definition) is 0. The minimum atomic E-state index is -2.24. The van der Waals surface area contributed by atoms with Crippen LogP contribution in [0.3, 0.4) is 0 Å². The second-order valence-electron chi connectivity index (χ2n) is 4.22. The van der Waals surface area contributed by atoms with Crippen LogP contribution in [0.15, 0.2) is 22.8 Å². The van der Waals surface area contributed by atoms with E-state index >= 15 is 0 Å². The molecule has 0 aromatic carbocycles. The van der Waals surface area contributed by atoms with Gasteiger partial charge < -0.3 is 4.57 Å². The van der Waals surface area contributed by atoms with Crippen molar-refractivity contribution >= 4 is 7.14 Å². The van der Waals surface area contributed by atoms with Crippen LogP contribution in [0.2, 0.25) is 0 Å². The molecular weight excluding hydrogens is 215 g/mol. The molecule has 0 fully saturated rings. The first kappa shape index (κ1) is 15.7. The summed E-state index contributed by atoms with van der Waals surface area (Å²) in [4.78, 5) is 0. The molecule has 0 aliphatic heterocycles. The van der Waals surface area contributed by atoms with Crippen LogP contribution in [-0.4, -0.2) is 6.66 Å². The molecule has 0 saturated carbocycles. The van der Waals surface area contributed by atoms with Crippen molar-refractivity contribution in [1.29, 1.82) is 0 Å². The lowest BCUT2D eigenvalue weighted by Crippen LogP contribution is -1.90. The topological polar surface area (TPSA) is 17.1 Å². The average molecular weight is 242 g/mol. The Bertz CT molecular complexity index is 300. The molecule has 2 heteroatoms. The summed E-state index contributed by atoms with van der Waals surface area (Å²) in [6.07, 6.45) is 9.31. The van der Waals surface area contributed by atoms with Gasteiger partial charge in [-0.25, -0.2) is 0 Å². The highest BCUT2D eigenvalue weighted by Gasteiger charge is 2.23. The molecule has 0 aromatic rings. The highest BCUT2D eigenvalue weighted by atomic mass is 31.2. The zero-order valence-electron chi connectivity index (χ0n) is 11.5. The van der Waals surface area contributed by atoms with Gasteiger partial charge in [0.25, 0.3) is 0 Å². The highest BCUT2D eigenvalue weighted by Crippen LogP contribution is 2.60. The molecule has 0 rings (SSSR count). The first-order valence-electron chi connectivity index (χ1n) is 6.51. The number of unbranched alkanes of at least 4 members (excludes halogenated alkanes) is 1. The van der Waals surface area contributed by atoms with Gasteiger partial charge in [-0.05, 0) is 43.0 Å².